The van der Waals surface area contributed by atoms with Crippen LogP contribution in [0.15, 0.2) is 0 Å². The Morgan fingerprint density at radius 3 is 2.89 bits per heavy atom. The third-order valence-corrected chi connectivity index (χ3v) is 4.20. The number of fused-ring (bicyclic) bond motifs is 1. The monoisotopic (exact) mass is 284 g/mol. The molecule has 18 heavy (non-hydrogen) atoms. The van der Waals surface area contributed by atoms with Crippen molar-refractivity contribution < 1.29 is 9.53 Å². The van der Waals surface area contributed by atoms with Crippen molar-refractivity contribution in [2.75, 3.05) is 11.9 Å². The molecule has 0 radical (unpaired) electrons. The second-order valence-electron chi connectivity index (χ2n) is 4.12. The minimum absolute atomic E-state index is 0.180. The molecule has 0 bridgehead atoms. The van der Waals surface area contributed by atoms with Gasteiger partial charge in [-0.05, 0) is 50.4 Å². The highest BCUT2D eigenvalue weighted by atomic mass is 32.1. The first-order valence-corrected chi connectivity index (χ1v) is 7.24. The van der Waals surface area contributed by atoms with Crippen molar-refractivity contribution in [2.24, 2.45) is 5.73 Å². The van der Waals surface area contributed by atoms with Gasteiger partial charge in [0.1, 0.15) is 5.00 Å². The number of nitrogens with one attached hydrogen (secondary N) is 1. The number of thiophene rings is 1. The van der Waals surface area contributed by atoms with Crippen LogP contribution in [0.5, 0.6) is 0 Å². The van der Waals surface area contributed by atoms with E-state index < -0.39 is 0 Å². The highest BCUT2D eigenvalue weighted by Crippen LogP contribution is 2.38. The fraction of sp³-hybridized carbons (Fsp3) is 0.500. The van der Waals surface area contributed by atoms with Crippen molar-refractivity contribution in [3.05, 3.63) is 16.0 Å². The quantitative estimate of drug-likeness (QED) is 0.659. The Balaban J connectivity index is 2.41. The summed E-state index contributed by atoms with van der Waals surface area (Å²) in [7, 11) is 0. The number of anilines is 1. The van der Waals surface area contributed by atoms with Crippen LogP contribution in [0.4, 0.5) is 5.00 Å². The van der Waals surface area contributed by atoms with Gasteiger partial charge in [0.25, 0.3) is 0 Å². The van der Waals surface area contributed by atoms with E-state index in [4.69, 9.17) is 22.7 Å². The van der Waals surface area contributed by atoms with Gasteiger partial charge in [0, 0.05) is 4.88 Å². The molecule has 2 rings (SSSR count). The standard InChI is InChI=1S/C12H16N2O2S2/c1-2-16-11(15)9-7-5-3-4-6-8(7)18-10(9)14-12(13)17/h2-6H2,1H3,(H3,13,14,17). The Hall–Kier alpha value is -1.14. The second-order valence-corrected chi connectivity index (χ2v) is 5.67. The van der Waals surface area contributed by atoms with E-state index in [9.17, 15) is 4.79 Å². The summed E-state index contributed by atoms with van der Waals surface area (Å²) < 4.78 is 5.12. The van der Waals surface area contributed by atoms with Gasteiger partial charge in [0.15, 0.2) is 5.11 Å². The van der Waals surface area contributed by atoms with Crippen LogP contribution in [-0.2, 0) is 17.6 Å². The van der Waals surface area contributed by atoms with Crippen LogP contribution in [0.3, 0.4) is 0 Å². The topological polar surface area (TPSA) is 64.3 Å². The normalized spacial score (nSPS) is 13.8. The summed E-state index contributed by atoms with van der Waals surface area (Å²) in [5.41, 5.74) is 7.24. The van der Waals surface area contributed by atoms with Crippen LogP contribution in [0, 0.1) is 0 Å². The first-order chi connectivity index (χ1) is 8.63. The molecule has 0 saturated heterocycles. The fourth-order valence-corrected chi connectivity index (χ4v) is 3.64. The van der Waals surface area contributed by atoms with Crippen LogP contribution in [0.25, 0.3) is 0 Å². The van der Waals surface area contributed by atoms with Crippen molar-refractivity contribution in [2.45, 2.75) is 32.6 Å². The number of hydrogen-bond acceptors (Lipinski definition) is 4. The Morgan fingerprint density at radius 1 is 1.50 bits per heavy atom. The minimum Gasteiger partial charge on any atom is -0.462 e. The average molecular weight is 284 g/mol. The van der Waals surface area contributed by atoms with Gasteiger partial charge in [-0.25, -0.2) is 4.79 Å². The minimum atomic E-state index is -0.282. The predicted molar refractivity (Wildman–Crippen MR) is 77.3 cm³/mol. The predicted octanol–water partition coefficient (Wildman–Crippen LogP) is 2.46. The molecule has 1 aliphatic rings. The molecule has 4 nitrogen and oxygen atoms in total. The molecular formula is C12H16N2O2S2. The van der Waals surface area contributed by atoms with Gasteiger partial charge in [-0.15, -0.1) is 11.3 Å². The molecule has 0 fully saturated rings. The Bertz CT molecular complexity index is 483. The molecule has 0 saturated carbocycles. The maximum Gasteiger partial charge on any atom is 0.341 e. The van der Waals surface area contributed by atoms with Gasteiger partial charge in [-0.2, -0.15) is 0 Å². The van der Waals surface area contributed by atoms with Crippen LogP contribution in [0.2, 0.25) is 0 Å². The first-order valence-electron chi connectivity index (χ1n) is 6.01. The van der Waals surface area contributed by atoms with E-state index in [-0.39, 0.29) is 11.1 Å². The van der Waals surface area contributed by atoms with E-state index in [0.29, 0.717) is 12.2 Å². The maximum atomic E-state index is 12.0. The molecule has 0 aromatic carbocycles. The van der Waals surface area contributed by atoms with Crippen molar-refractivity contribution in [1.29, 1.82) is 0 Å². The highest BCUT2D eigenvalue weighted by Gasteiger charge is 2.26. The average Bonchev–Trinajstić information content (AvgIpc) is 2.66. The molecule has 1 aromatic rings. The number of carbonyl (C=O) groups excluding carboxylic acids is 1. The zero-order valence-corrected chi connectivity index (χ0v) is 11.9. The molecule has 1 aliphatic carbocycles. The number of hydrogen-bond donors (Lipinski definition) is 2. The molecule has 0 aliphatic heterocycles. The molecule has 6 heteroatoms. The highest BCUT2D eigenvalue weighted by molar-refractivity contribution is 7.80. The number of rotatable bonds is 3. The zero-order chi connectivity index (χ0) is 13.1. The van der Waals surface area contributed by atoms with Crippen molar-refractivity contribution >= 4 is 39.6 Å². The number of nitrogens with two attached hydrogens (primary N) is 1. The Labute approximate surface area is 116 Å². The largest absolute Gasteiger partial charge is 0.462 e. The summed E-state index contributed by atoms with van der Waals surface area (Å²) in [6.07, 6.45) is 4.23. The Kier molecular flexibility index (Phi) is 4.19. The smallest absolute Gasteiger partial charge is 0.341 e. The van der Waals surface area contributed by atoms with E-state index in [0.717, 1.165) is 29.8 Å². The molecule has 1 heterocycles. The van der Waals surface area contributed by atoms with Gasteiger partial charge in [0.05, 0.1) is 12.2 Å². The third kappa shape index (κ3) is 2.64. The summed E-state index contributed by atoms with van der Waals surface area (Å²) in [6.45, 7) is 2.17. The molecule has 0 atom stereocenters. The number of ether oxygens (including phenoxy) is 1. The fourth-order valence-electron chi connectivity index (χ4n) is 2.19. The van der Waals surface area contributed by atoms with Crippen molar-refractivity contribution in [3.8, 4) is 0 Å². The number of esters is 1. The van der Waals surface area contributed by atoms with Crippen LogP contribution < -0.4 is 11.1 Å². The van der Waals surface area contributed by atoms with Gasteiger partial charge in [-0.3, -0.25) is 0 Å². The van der Waals surface area contributed by atoms with Crippen LogP contribution >= 0.6 is 23.6 Å². The Morgan fingerprint density at radius 2 is 2.22 bits per heavy atom. The molecule has 0 unspecified atom stereocenters. The third-order valence-electron chi connectivity index (χ3n) is 2.89. The summed E-state index contributed by atoms with van der Waals surface area (Å²) in [6, 6.07) is 0. The van der Waals surface area contributed by atoms with E-state index in [1.807, 2.05) is 0 Å². The number of thiocarbonyl (C=S) groups is 1. The lowest BCUT2D eigenvalue weighted by Gasteiger charge is -2.12. The van der Waals surface area contributed by atoms with Gasteiger partial charge in [0.2, 0.25) is 0 Å². The van der Waals surface area contributed by atoms with Gasteiger partial charge in [-0.1, -0.05) is 0 Å². The van der Waals surface area contributed by atoms with E-state index in [1.165, 1.54) is 11.3 Å². The van der Waals surface area contributed by atoms with Gasteiger partial charge >= 0.3 is 5.97 Å². The number of aryl methyl sites for hydroxylation is 1. The molecular weight excluding hydrogens is 268 g/mol. The van der Waals surface area contributed by atoms with E-state index >= 15 is 0 Å². The summed E-state index contributed by atoms with van der Waals surface area (Å²) in [4.78, 5) is 13.3. The van der Waals surface area contributed by atoms with Crippen molar-refractivity contribution in [1.82, 2.24) is 0 Å². The first kappa shape index (κ1) is 13.3. The molecule has 1 aromatic heterocycles. The van der Waals surface area contributed by atoms with E-state index in [2.05, 4.69) is 5.32 Å². The molecule has 0 amide bonds. The molecule has 3 N–H and O–H groups in total. The van der Waals surface area contributed by atoms with Crippen molar-refractivity contribution in [3.63, 3.8) is 0 Å². The molecule has 0 spiro atoms. The maximum absolute atomic E-state index is 12.0. The lowest BCUT2D eigenvalue weighted by atomic mass is 9.95. The lowest BCUT2D eigenvalue weighted by Crippen LogP contribution is -2.20. The zero-order valence-electron chi connectivity index (χ0n) is 10.2. The van der Waals surface area contributed by atoms with Crippen LogP contribution in [-0.4, -0.2) is 17.7 Å². The summed E-state index contributed by atoms with van der Waals surface area (Å²) in [5, 5.41) is 3.81. The van der Waals surface area contributed by atoms with Gasteiger partial charge < -0.3 is 15.8 Å². The second kappa shape index (κ2) is 5.67. The lowest BCUT2D eigenvalue weighted by molar-refractivity contribution is 0.0526. The van der Waals surface area contributed by atoms with Crippen LogP contribution in [0.1, 0.15) is 40.6 Å². The number of carbonyl (C=O) groups is 1. The SMILES string of the molecule is CCOC(=O)c1c(NC(N)=S)sc2c1CCCC2. The summed E-state index contributed by atoms with van der Waals surface area (Å²) >= 11 is 6.42. The molecule has 98 valence electrons. The van der Waals surface area contributed by atoms with E-state index in [1.54, 1.807) is 18.3 Å². The summed E-state index contributed by atoms with van der Waals surface area (Å²) in [5.74, 6) is -0.282.